The molecule has 2 aromatic carbocycles. The van der Waals surface area contributed by atoms with Gasteiger partial charge in [0.25, 0.3) is 0 Å². The summed E-state index contributed by atoms with van der Waals surface area (Å²) in [5, 5.41) is 10.6. The van der Waals surface area contributed by atoms with Gasteiger partial charge in [-0.05, 0) is 73.4 Å². The summed E-state index contributed by atoms with van der Waals surface area (Å²) < 4.78 is 65.5. The lowest BCUT2D eigenvalue weighted by atomic mass is 9.70. The summed E-state index contributed by atoms with van der Waals surface area (Å²) in [4.78, 5) is 0. The topological polar surface area (TPSA) is 63.6 Å². The van der Waals surface area contributed by atoms with Crippen LogP contribution in [0.2, 0.25) is 0 Å². The van der Waals surface area contributed by atoms with Crippen LogP contribution in [0.25, 0.3) is 6.08 Å². The van der Waals surface area contributed by atoms with Gasteiger partial charge in [-0.1, -0.05) is 70.2 Å². The van der Waals surface area contributed by atoms with Crippen molar-refractivity contribution in [2.24, 2.45) is 0 Å². The Morgan fingerprint density at radius 1 is 0.857 bits per heavy atom. The first-order valence-corrected chi connectivity index (χ1v) is 13.2. The van der Waals surface area contributed by atoms with E-state index in [9.17, 15) is 26.7 Å². The molecule has 0 unspecified atom stereocenters. The second kappa shape index (κ2) is 10.7. The Morgan fingerprint density at radius 2 is 1.37 bits per heavy atom. The number of benzene rings is 2. The van der Waals surface area contributed by atoms with Gasteiger partial charge in [0.15, 0.2) is 0 Å². The zero-order valence-corrected chi connectivity index (χ0v) is 22.0. The van der Waals surface area contributed by atoms with E-state index >= 15 is 0 Å². The molecule has 0 fully saturated rings. The zero-order valence-electron chi connectivity index (χ0n) is 21.2. The van der Waals surface area contributed by atoms with Crippen LogP contribution in [0.1, 0.15) is 81.2 Å². The third kappa shape index (κ3) is 6.09. The van der Waals surface area contributed by atoms with E-state index in [1.54, 1.807) is 12.1 Å². The van der Waals surface area contributed by atoms with Gasteiger partial charge in [-0.3, -0.25) is 0 Å². The fraction of sp³-hybridized carbons (Fsp3) is 0.481. The Bertz CT molecular complexity index is 1160. The van der Waals surface area contributed by atoms with Gasteiger partial charge in [0, 0.05) is 5.41 Å². The van der Waals surface area contributed by atoms with Crippen LogP contribution in [0.3, 0.4) is 0 Å². The lowest BCUT2D eigenvalue weighted by Crippen LogP contribution is -2.29. The maximum Gasteiger partial charge on any atom is 0.534 e. The van der Waals surface area contributed by atoms with Crippen molar-refractivity contribution in [3.63, 3.8) is 0 Å². The Labute approximate surface area is 207 Å². The molecule has 194 valence electrons. The molecule has 0 aliphatic carbocycles. The van der Waals surface area contributed by atoms with Crippen molar-refractivity contribution < 1.29 is 30.9 Å². The summed E-state index contributed by atoms with van der Waals surface area (Å²) in [5.74, 6) is -0.344. The summed E-state index contributed by atoms with van der Waals surface area (Å²) in [6, 6.07) is 10.7. The van der Waals surface area contributed by atoms with Crippen molar-refractivity contribution in [1.29, 1.82) is 0 Å². The number of alkyl halides is 3. The molecule has 0 atom stereocenters. The molecule has 0 radical (unpaired) electrons. The lowest BCUT2D eigenvalue weighted by Gasteiger charge is -2.34. The minimum atomic E-state index is -5.74. The number of hydrogen-bond acceptors (Lipinski definition) is 4. The van der Waals surface area contributed by atoms with E-state index < -0.39 is 26.6 Å². The molecule has 0 heterocycles. The highest BCUT2D eigenvalue weighted by Gasteiger charge is 2.48. The van der Waals surface area contributed by atoms with E-state index in [-0.39, 0.29) is 5.75 Å². The molecular weight excluding hydrogens is 477 g/mol. The van der Waals surface area contributed by atoms with E-state index in [0.717, 1.165) is 35.1 Å². The maximum absolute atomic E-state index is 12.7. The fourth-order valence-electron chi connectivity index (χ4n) is 4.33. The zero-order chi connectivity index (χ0) is 26.7. The molecule has 0 aliphatic rings. The Hall–Kier alpha value is -2.32. The second-order valence-corrected chi connectivity index (χ2v) is 10.5. The molecule has 2 rings (SSSR count). The minimum absolute atomic E-state index is 0.302. The van der Waals surface area contributed by atoms with Gasteiger partial charge in [0.05, 0.1) is 5.60 Å². The summed E-state index contributed by atoms with van der Waals surface area (Å²) in [6.07, 6.45) is 6.46. The van der Waals surface area contributed by atoms with Crippen LogP contribution in [0.4, 0.5) is 13.2 Å². The minimum Gasteiger partial charge on any atom is -0.386 e. The predicted octanol–water partition coefficient (Wildman–Crippen LogP) is 7.20. The molecule has 0 bridgehead atoms. The van der Waals surface area contributed by atoms with E-state index in [4.69, 9.17) is 0 Å². The Kier molecular flexibility index (Phi) is 8.88. The van der Waals surface area contributed by atoms with Gasteiger partial charge in [-0.2, -0.15) is 21.6 Å². The molecule has 8 heteroatoms. The molecule has 4 nitrogen and oxygen atoms in total. The van der Waals surface area contributed by atoms with Crippen LogP contribution >= 0.6 is 0 Å². The van der Waals surface area contributed by atoms with Crippen LogP contribution < -0.4 is 4.18 Å². The molecule has 0 saturated carbocycles. The summed E-state index contributed by atoms with van der Waals surface area (Å²) >= 11 is 0. The molecule has 35 heavy (non-hydrogen) atoms. The molecular formula is C27H35F3O4S. The summed E-state index contributed by atoms with van der Waals surface area (Å²) in [7, 11) is -5.74. The second-order valence-electron chi connectivity index (χ2n) is 8.97. The third-order valence-electron chi connectivity index (χ3n) is 7.04. The first-order chi connectivity index (χ1) is 16.2. The van der Waals surface area contributed by atoms with Crippen molar-refractivity contribution in [2.45, 2.75) is 83.8 Å². The quantitative estimate of drug-likeness (QED) is 0.270. The van der Waals surface area contributed by atoms with Gasteiger partial charge in [0.2, 0.25) is 0 Å². The standard InChI is InChI=1S/C27H35F3O4S/c1-7-25(31,8-2)16-15-21-11-12-22(17-19(21)5)26(9-3,10-4)23-13-14-24(20(6)18-23)34-35(32,33)27(28,29)30/h11-18,31H,7-10H2,1-6H3. The van der Waals surface area contributed by atoms with Gasteiger partial charge in [0.1, 0.15) is 5.75 Å². The van der Waals surface area contributed by atoms with E-state index in [1.807, 2.05) is 58.9 Å². The smallest absolute Gasteiger partial charge is 0.386 e. The fourth-order valence-corrected chi connectivity index (χ4v) is 4.85. The molecule has 0 saturated heterocycles. The van der Waals surface area contributed by atoms with Crippen LogP contribution in [0, 0.1) is 13.8 Å². The summed E-state index contributed by atoms with van der Waals surface area (Å²) in [5.41, 5.74) is -2.52. The number of halogens is 3. The molecule has 0 amide bonds. The average molecular weight is 513 g/mol. The largest absolute Gasteiger partial charge is 0.534 e. The number of aryl methyl sites for hydroxylation is 2. The lowest BCUT2D eigenvalue weighted by molar-refractivity contribution is -0.0500. The monoisotopic (exact) mass is 512 g/mol. The first kappa shape index (κ1) is 28.9. The molecule has 0 spiro atoms. The number of rotatable bonds is 10. The molecule has 2 aromatic rings. The Morgan fingerprint density at radius 3 is 1.80 bits per heavy atom. The van der Waals surface area contributed by atoms with Gasteiger partial charge >= 0.3 is 15.6 Å². The third-order valence-corrected chi connectivity index (χ3v) is 8.00. The van der Waals surface area contributed by atoms with Crippen LogP contribution in [-0.2, 0) is 15.5 Å². The van der Waals surface area contributed by atoms with Crippen molar-refractivity contribution in [2.75, 3.05) is 0 Å². The van der Waals surface area contributed by atoms with Crippen LogP contribution in [0.15, 0.2) is 42.5 Å². The number of aliphatic hydroxyl groups is 1. The van der Waals surface area contributed by atoms with Crippen LogP contribution in [-0.4, -0.2) is 24.6 Å². The summed E-state index contributed by atoms with van der Waals surface area (Å²) in [6.45, 7) is 11.5. The van der Waals surface area contributed by atoms with Crippen molar-refractivity contribution in [3.8, 4) is 5.75 Å². The van der Waals surface area contributed by atoms with Crippen molar-refractivity contribution >= 4 is 16.2 Å². The average Bonchev–Trinajstić information content (AvgIpc) is 2.80. The predicted molar refractivity (Wildman–Crippen MR) is 134 cm³/mol. The maximum atomic E-state index is 12.7. The van der Waals surface area contributed by atoms with E-state index in [1.165, 1.54) is 13.0 Å². The van der Waals surface area contributed by atoms with Crippen molar-refractivity contribution in [1.82, 2.24) is 0 Å². The number of hydrogen-bond donors (Lipinski definition) is 1. The normalized spacial score (nSPS) is 13.4. The van der Waals surface area contributed by atoms with Gasteiger partial charge < -0.3 is 9.29 Å². The SMILES string of the molecule is CCC(O)(C=Cc1ccc(C(CC)(CC)c2ccc(OS(=O)(=O)C(F)(F)F)c(C)c2)cc1C)CC. The van der Waals surface area contributed by atoms with Crippen molar-refractivity contribution in [3.05, 3.63) is 70.3 Å². The highest BCUT2D eigenvalue weighted by Crippen LogP contribution is 2.41. The molecule has 1 N–H and O–H groups in total. The van der Waals surface area contributed by atoms with Crippen LogP contribution in [0.5, 0.6) is 5.75 Å². The van der Waals surface area contributed by atoms with Gasteiger partial charge in [-0.25, -0.2) is 0 Å². The first-order valence-electron chi connectivity index (χ1n) is 11.8. The Balaban J connectivity index is 2.49. The molecule has 0 aliphatic heterocycles. The highest BCUT2D eigenvalue weighted by atomic mass is 32.2. The van der Waals surface area contributed by atoms with E-state index in [2.05, 4.69) is 10.2 Å². The van der Waals surface area contributed by atoms with E-state index in [0.29, 0.717) is 18.4 Å². The van der Waals surface area contributed by atoms with Gasteiger partial charge in [-0.15, -0.1) is 0 Å². The molecule has 0 aromatic heterocycles. The highest BCUT2D eigenvalue weighted by molar-refractivity contribution is 7.88.